The van der Waals surface area contributed by atoms with Gasteiger partial charge in [0.05, 0.1) is 5.92 Å². The van der Waals surface area contributed by atoms with Crippen LogP contribution in [0.25, 0.3) is 0 Å². The van der Waals surface area contributed by atoms with Gasteiger partial charge in [-0.15, -0.1) is 12.4 Å². The Morgan fingerprint density at radius 2 is 2.08 bits per heavy atom. The summed E-state index contributed by atoms with van der Waals surface area (Å²) in [6, 6.07) is 7.55. The molecular weight excluding hydrogens is 408 g/mol. The molecule has 2 atom stereocenters. The molecule has 2 aromatic rings. The Bertz CT molecular complexity index is 733. The first-order chi connectivity index (χ1) is 11.4. The molecule has 0 saturated carbocycles. The van der Waals surface area contributed by atoms with Crippen LogP contribution in [0.15, 0.2) is 33.3 Å². The third-order valence-electron chi connectivity index (χ3n) is 4.49. The molecule has 1 aromatic heterocycles. The van der Waals surface area contributed by atoms with E-state index in [1.54, 1.807) is 13.8 Å². The van der Waals surface area contributed by atoms with Gasteiger partial charge >= 0.3 is 0 Å². The molecule has 25 heavy (non-hydrogen) atoms. The number of rotatable bonds is 3. The Morgan fingerprint density at radius 1 is 1.40 bits per heavy atom. The van der Waals surface area contributed by atoms with E-state index in [0.717, 1.165) is 22.9 Å². The highest BCUT2D eigenvalue weighted by atomic mass is 79.9. The summed E-state index contributed by atoms with van der Waals surface area (Å²) in [5, 5.41) is 3.85. The minimum atomic E-state index is -1.06. The van der Waals surface area contributed by atoms with Crippen molar-refractivity contribution in [3.63, 3.8) is 0 Å². The molecule has 1 aliphatic heterocycles. The van der Waals surface area contributed by atoms with E-state index in [2.05, 4.69) is 26.1 Å². The second-order valence-corrected chi connectivity index (χ2v) is 7.40. The van der Waals surface area contributed by atoms with Gasteiger partial charge in [0, 0.05) is 17.6 Å². The average Bonchev–Trinajstić information content (AvgIpc) is 3.01. The number of carbonyl (C=O) groups is 1. The van der Waals surface area contributed by atoms with Gasteiger partial charge in [0.15, 0.2) is 5.82 Å². The van der Waals surface area contributed by atoms with Crippen LogP contribution in [0.2, 0.25) is 0 Å². The van der Waals surface area contributed by atoms with Gasteiger partial charge in [0.1, 0.15) is 5.54 Å². The predicted octanol–water partition coefficient (Wildman–Crippen LogP) is 3.14. The van der Waals surface area contributed by atoms with Crippen molar-refractivity contribution in [1.29, 1.82) is 0 Å². The Balaban J connectivity index is 0.00000225. The van der Waals surface area contributed by atoms with Crippen molar-refractivity contribution in [1.82, 2.24) is 15.0 Å². The van der Waals surface area contributed by atoms with Crippen LogP contribution in [0.1, 0.15) is 43.0 Å². The number of amides is 1. The summed E-state index contributed by atoms with van der Waals surface area (Å²) in [6.45, 7) is 4.82. The smallest absolute Gasteiger partial charge is 0.246 e. The van der Waals surface area contributed by atoms with Crippen molar-refractivity contribution >= 4 is 34.2 Å². The molecule has 136 valence electrons. The topological polar surface area (TPSA) is 85.2 Å². The molecule has 6 nitrogen and oxygen atoms in total. The fraction of sp³-hybridized carbons (Fsp3) is 0.471. The number of halogens is 2. The van der Waals surface area contributed by atoms with Crippen LogP contribution in [0.5, 0.6) is 0 Å². The van der Waals surface area contributed by atoms with Crippen molar-refractivity contribution < 1.29 is 9.32 Å². The predicted molar refractivity (Wildman–Crippen MR) is 101 cm³/mol. The quantitative estimate of drug-likeness (QED) is 0.810. The van der Waals surface area contributed by atoms with Crippen molar-refractivity contribution in [3.05, 3.63) is 46.0 Å². The number of nitrogens with zero attached hydrogens (tertiary/aromatic N) is 3. The number of carbonyl (C=O) groups excluding carboxylic acids is 1. The van der Waals surface area contributed by atoms with E-state index < -0.39 is 5.54 Å². The van der Waals surface area contributed by atoms with Crippen LogP contribution >= 0.6 is 28.3 Å². The van der Waals surface area contributed by atoms with E-state index in [0.29, 0.717) is 24.8 Å². The monoisotopic (exact) mass is 428 g/mol. The van der Waals surface area contributed by atoms with E-state index in [1.165, 1.54) is 0 Å². The van der Waals surface area contributed by atoms with Gasteiger partial charge in [-0.3, -0.25) is 4.79 Å². The molecule has 2 heterocycles. The molecule has 1 aromatic carbocycles. The average molecular weight is 430 g/mol. The summed E-state index contributed by atoms with van der Waals surface area (Å²) in [5.41, 5.74) is 6.13. The van der Waals surface area contributed by atoms with Gasteiger partial charge in [-0.25, -0.2) is 0 Å². The second kappa shape index (κ2) is 7.85. The maximum atomic E-state index is 13.0. The van der Waals surface area contributed by atoms with Crippen molar-refractivity contribution in [3.8, 4) is 0 Å². The third kappa shape index (κ3) is 4.22. The first-order valence-corrected chi connectivity index (χ1v) is 8.81. The number of hydrogen-bond acceptors (Lipinski definition) is 5. The second-order valence-electron chi connectivity index (χ2n) is 6.48. The highest BCUT2D eigenvalue weighted by Gasteiger charge is 2.37. The van der Waals surface area contributed by atoms with Crippen LogP contribution in [0, 0.1) is 6.92 Å². The molecule has 1 amide bonds. The largest absolute Gasteiger partial charge is 0.340 e. The van der Waals surface area contributed by atoms with Gasteiger partial charge in [-0.2, -0.15) is 4.98 Å². The summed E-state index contributed by atoms with van der Waals surface area (Å²) in [5.74, 6) is 1.22. The van der Waals surface area contributed by atoms with Crippen LogP contribution in [-0.4, -0.2) is 34.0 Å². The number of likely N-dealkylation sites (tertiary alicyclic amines) is 1. The summed E-state index contributed by atoms with van der Waals surface area (Å²) in [4.78, 5) is 19.1. The van der Waals surface area contributed by atoms with Gasteiger partial charge < -0.3 is 15.2 Å². The first kappa shape index (κ1) is 19.9. The number of hydrogen-bond donors (Lipinski definition) is 1. The third-order valence-corrected chi connectivity index (χ3v) is 5.02. The molecular formula is C17H22BrClN4O2. The zero-order valence-electron chi connectivity index (χ0n) is 14.2. The molecule has 0 bridgehead atoms. The molecule has 1 fully saturated rings. The Hall–Kier alpha value is -1.44. The molecule has 8 heteroatoms. The van der Waals surface area contributed by atoms with E-state index in [-0.39, 0.29) is 24.2 Å². The van der Waals surface area contributed by atoms with Crippen molar-refractivity contribution in [2.45, 2.75) is 38.1 Å². The molecule has 2 N–H and O–H groups in total. The van der Waals surface area contributed by atoms with Gasteiger partial charge in [-0.05, 0) is 44.4 Å². The zero-order valence-corrected chi connectivity index (χ0v) is 16.6. The lowest BCUT2D eigenvalue weighted by Crippen LogP contribution is -2.53. The van der Waals surface area contributed by atoms with E-state index in [4.69, 9.17) is 10.3 Å². The normalized spacial score (nSPS) is 19.8. The first-order valence-electron chi connectivity index (χ1n) is 8.02. The van der Waals surface area contributed by atoms with E-state index >= 15 is 0 Å². The Morgan fingerprint density at radius 3 is 2.68 bits per heavy atom. The summed E-state index contributed by atoms with van der Waals surface area (Å²) in [7, 11) is 0. The molecule has 2 unspecified atom stereocenters. The summed E-state index contributed by atoms with van der Waals surface area (Å²) >= 11 is 3.40. The Kier molecular flexibility index (Phi) is 6.24. The minimum Gasteiger partial charge on any atom is -0.340 e. The van der Waals surface area contributed by atoms with Gasteiger partial charge in [0.25, 0.3) is 0 Å². The summed E-state index contributed by atoms with van der Waals surface area (Å²) in [6.07, 6.45) is 1.83. The van der Waals surface area contributed by atoms with E-state index in [9.17, 15) is 4.79 Å². The molecule has 0 aliphatic carbocycles. The van der Waals surface area contributed by atoms with E-state index in [1.807, 2.05) is 29.2 Å². The molecule has 0 spiro atoms. The number of nitrogens with two attached hydrogens (primary N) is 1. The van der Waals surface area contributed by atoms with Crippen LogP contribution < -0.4 is 5.73 Å². The highest BCUT2D eigenvalue weighted by molar-refractivity contribution is 9.10. The lowest BCUT2D eigenvalue weighted by molar-refractivity contribution is -0.138. The van der Waals surface area contributed by atoms with Crippen LogP contribution in [0.3, 0.4) is 0 Å². The van der Waals surface area contributed by atoms with Crippen molar-refractivity contribution in [2.75, 3.05) is 13.1 Å². The SMILES string of the molecule is Cc1noc(C2CCCN(C(=O)C(C)(N)c3ccc(Br)cc3)C2)n1.Cl. The maximum absolute atomic E-state index is 13.0. The fourth-order valence-electron chi connectivity index (χ4n) is 3.09. The van der Waals surface area contributed by atoms with Gasteiger partial charge in [0.2, 0.25) is 11.8 Å². The van der Waals surface area contributed by atoms with Crippen molar-refractivity contribution in [2.24, 2.45) is 5.73 Å². The van der Waals surface area contributed by atoms with Crippen LogP contribution in [0.4, 0.5) is 0 Å². The lowest BCUT2D eigenvalue weighted by Gasteiger charge is -2.36. The Labute approximate surface area is 161 Å². The minimum absolute atomic E-state index is 0. The number of piperidine rings is 1. The van der Waals surface area contributed by atoms with Crippen LogP contribution in [-0.2, 0) is 10.3 Å². The highest BCUT2D eigenvalue weighted by Crippen LogP contribution is 2.29. The molecule has 1 saturated heterocycles. The maximum Gasteiger partial charge on any atom is 0.246 e. The fourth-order valence-corrected chi connectivity index (χ4v) is 3.35. The number of aryl methyl sites for hydroxylation is 1. The summed E-state index contributed by atoms with van der Waals surface area (Å²) < 4.78 is 6.24. The number of aromatic nitrogens is 2. The lowest BCUT2D eigenvalue weighted by atomic mass is 9.89. The molecule has 1 aliphatic rings. The molecule has 0 radical (unpaired) electrons. The number of benzene rings is 1. The van der Waals surface area contributed by atoms with Gasteiger partial charge in [-0.1, -0.05) is 33.2 Å². The standard InChI is InChI=1S/C17H21BrN4O2.ClH/c1-11-20-15(24-21-11)12-4-3-9-22(10-12)16(23)17(2,19)13-5-7-14(18)8-6-13;/h5-8,12H,3-4,9-10,19H2,1-2H3;1H. The zero-order chi connectivity index (χ0) is 17.3. The molecule has 3 rings (SSSR count).